The van der Waals surface area contributed by atoms with E-state index in [0.717, 1.165) is 5.69 Å². The molecule has 0 aliphatic rings. The number of aromatic nitrogens is 1. The summed E-state index contributed by atoms with van der Waals surface area (Å²) in [5.74, 6) is -0.0984. The molecule has 1 aromatic rings. The summed E-state index contributed by atoms with van der Waals surface area (Å²) in [6.07, 6.45) is 1.68. The molecule has 1 rings (SSSR count). The smallest absolute Gasteiger partial charge is 0.245 e. The minimum atomic E-state index is -0.621. The Morgan fingerprint density at radius 3 is 2.64 bits per heavy atom. The van der Waals surface area contributed by atoms with Crippen LogP contribution < -0.4 is 10.9 Å². The quantitative estimate of drug-likeness (QED) is 0.691. The molecule has 0 bridgehead atoms. The largest absolute Gasteiger partial charge is 0.291 e. The summed E-state index contributed by atoms with van der Waals surface area (Å²) in [4.78, 5) is 15.8. The zero-order valence-electron chi connectivity index (χ0n) is 8.66. The molecule has 0 radical (unpaired) electrons. The van der Waals surface area contributed by atoms with E-state index in [1.165, 1.54) is 0 Å². The molecule has 0 spiro atoms. The van der Waals surface area contributed by atoms with E-state index in [4.69, 9.17) is 0 Å². The molecule has 4 nitrogen and oxygen atoms in total. The average Bonchev–Trinajstić information content (AvgIpc) is 2.19. The third-order valence-electron chi connectivity index (χ3n) is 2.11. The van der Waals surface area contributed by atoms with Crippen molar-refractivity contribution < 1.29 is 4.79 Å². The lowest BCUT2D eigenvalue weighted by atomic mass is 9.88. The molecule has 0 fully saturated rings. The van der Waals surface area contributed by atoms with Crippen molar-refractivity contribution in [2.45, 2.75) is 19.3 Å². The molecular formula is C10H15N3O. The van der Waals surface area contributed by atoms with Gasteiger partial charge in [0.1, 0.15) is 0 Å². The number of carbonyl (C=O) groups excluding carboxylic acids is 1. The van der Waals surface area contributed by atoms with Gasteiger partial charge in [0.25, 0.3) is 0 Å². The summed E-state index contributed by atoms with van der Waals surface area (Å²) in [5, 5.41) is 0. The predicted molar refractivity (Wildman–Crippen MR) is 54.5 cm³/mol. The van der Waals surface area contributed by atoms with Crippen LogP contribution in [-0.4, -0.2) is 17.9 Å². The second kappa shape index (κ2) is 4.19. The molecule has 0 saturated heterocycles. The van der Waals surface area contributed by atoms with Crippen molar-refractivity contribution in [2.24, 2.45) is 0 Å². The molecule has 0 aromatic carbocycles. The van der Waals surface area contributed by atoms with Gasteiger partial charge in [-0.15, -0.1) is 0 Å². The highest BCUT2D eigenvalue weighted by molar-refractivity contribution is 5.86. The molecule has 1 heterocycles. The number of hydrazine groups is 1. The van der Waals surface area contributed by atoms with Gasteiger partial charge >= 0.3 is 0 Å². The first-order valence-corrected chi connectivity index (χ1v) is 4.47. The molecule has 2 N–H and O–H groups in total. The second-order valence-corrected chi connectivity index (χ2v) is 3.54. The third-order valence-corrected chi connectivity index (χ3v) is 2.11. The van der Waals surface area contributed by atoms with Crippen LogP contribution in [0.3, 0.4) is 0 Å². The van der Waals surface area contributed by atoms with Crippen molar-refractivity contribution in [3.05, 3.63) is 30.1 Å². The van der Waals surface area contributed by atoms with Crippen LogP contribution >= 0.6 is 0 Å². The summed E-state index contributed by atoms with van der Waals surface area (Å²) < 4.78 is 0. The maximum Gasteiger partial charge on any atom is 0.245 e. The monoisotopic (exact) mass is 193 g/mol. The summed E-state index contributed by atoms with van der Waals surface area (Å²) in [7, 11) is 1.66. The lowest BCUT2D eigenvalue weighted by molar-refractivity contribution is -0.126. The maximum absolute atomic E-state index is 11.7. The number of hydrogen-bond donors (Lipinski definition) is 2. The first-order chi connectivity index (χ1) is 6.59. The Hall–Kier alpha value is -1.42. The standard InChI is InChI=1S/C10H15N3O/c1-10(2,9(14)13-11-3)8-6-4-5-7-12-8/h4-7,11H,1-3H3,(H,13,14). The van der Waals surface area contributed by atoms with Crippen molar-refractivity contribution in [3.8, 4) is 0 Å². The molecule has 0 saturated carbocycles. The average molecular weight is 193 g/mol. The van der Waals surface area contributed by atoms with Gasteiger partial charge in [-0.1, -0.05) is 6.07 Å². The fourth-order valence-electron chi connectivity index (χ4n) is 1.12. The van der Waals surface area contributed by atoms with Crippen LogP contribution in [0, 0.1) is 0 Å². The number of amides is 1. The first kappa shape index (κ1) is 10.7. The van der Waals surface area contributed by atoms with Crippen LogP contribution in [0.1, 0.15) is 19.5 Å². The first-order valence-electron chi connectivity index (χ1n) is 4.47. The molecule has 1 aromatic heterocycles. The highest BCUT2D eigenvalue weighted by atomic mass is 16.2. The molecule has 14 heavy (non-hydrogen) atoms. The highest BCUT2D eigenvalue weighted by Crippen LogP contribution is 2.20. The van der Waals surface area contributed by atoms with Crippen LogP contribution in [0.15, 0.2) is 24.4 Å². The van der Waals surface area contributed by atoms with Crippen molar-refractivity contribution in [2.75, 3.05) is 7.05 Å². The Morgan fingerprint density at radius 1 is 1.43 bits per heavy atom. The predicted octanol–water partition coefficient (Wildman–Crippen LogP) is 0.610. The van der Waals surface area contributed by atoms with Crippen LogP contribution in [0.4, 0.5) is 0 Å². The van der Waals surface area contributed by atoms with E-state index in [2.05, 4.69) is 15.8 Å². The van der Waals surface area contributed by atoms with E-state index >= 15 is 0 Å². The SMILES string of the molecule is CNNC(=O)C(C)(C)c1ccccn1. The Morgan fingerprint density at radius 2 is 2.14 bits per heavy atom. The summed E-state index contributed by atoms with van der Waals surface area (Å²) >= 11 is 0. The zero-order valence-corrected chi connectivity index (χ0v) is 8.66. The number of hydrogen-bond acceptors (Lipinski definition) is 3. The van der Waals surface area contributed by atoms with E-state index in [1.54, 1.807) is 13.2 Å². The molecule has 1 amide bonds. The van der Waals surface area contributed by atoms with E-state index in [1.807, 2.05) is 32.0 Å². The number of carbonyl (C=O) groups is 1. The minimum Gasteiger partial charge on any atom is -0.291 e. The molecule has 0 unspecified atom stereocenters. The van der Waals surface area contributed by atoms with Crippen LogP contribution in [0.5, 0.6) is 0 Å². The highest BCUT2D eigenvalue weighted by Gasteiger charge is 2.30. The van der Waals surface area contributed by atoms with Crippen LogP contribution in [0.2, 0.25) is 0 Å². The van der Waals surface area contributed by atoms with Gasteiger partial charge in [0.15, 0.2) is 0 Å². The molecule has 0 aliphatic heterocycles. The van der Waals surface area contributed by atoms with Gasteiger partial charge in [-0.3, -0.25) is 15.2 Å². The molecule has 0 atom stereocenters. The Kier molecular flexibility index (Phi) is 3.19. The van der Waals surface area contributed by atoms with Crippen LogP contribution in [0.25, 0.3) is 0 Å². The Labute approximate surface area is 83.7 Å². The number of pyridine rings is 1. The summed E-state index contributed by atoms with van der Waals surface area (Å²) in [6, 6.07) is 5.54. The molecule has 76 valence electrons. The van der Waals surface area contributed by atoms with E-state index in [0.29, 0.717) is 0 Å². The lowest BCUT2D eigenvalue weighted by Gasteiger charge is -2.22. The minimum absolute atomic E-state index is 0.0984. The van der Waals surface area contributed by atoms with E-state index in [-0.39, 0.29) is 5.91 Å². The van der Waals surface area contributed by atoms with Crippen molar-refractivity contribution in [1.82, 2.24) is 15.8 Å². The topological polar surface area (TPSA) is 54.0 Å². The van der Waals surface area contributed by atoms with Crippen molar-refractivity contribution in [1.29, 1.82) is 0 Å². The van der Waals surface area contributed by atoms with Gasteiger partial charge in [0.2, 0.25) is 5.91 Å². The van der Waals surface area contributed by atoms with E-state index in [9.17, 15) is 4.79 Å². The van der Waals surface area contributed by atoms with Gasteiger partial charge in [0.05, 0.1) is 11.1 Å². The van der Waals surface area contributed by atoms with E-state index < -0.39 is 5.41 Å². The van der Waals surface area contributed by atoms with Gasteiger partial charge in [-0.2, -0.15) is 0 Å². The summed E-state index contributed by atoms with van der Waals surface area (Å²) in [5.41, 5.74) is 5.31. The Bertz CT molecular complexity index is 308. The van der Waals surface area contributed by atoms with Gasteiger partial charge in [0, 0.05) is 13.2 Å². The molecule has 4 heteroatoms. The third kappa shape index (κ3) is 2.09. The lowest BCUT2D eigenvalue weighted by Crippen LogP contribution is -2.45. The molecule has 0 aliphatic carbocycles. The maximum atomic E-state index is 11.7. The van der Waals surface area contributed by atoms with Crippen molar-refractivity contribution in [3.63, 3.8) is 0 Å². The van der Waals surface area contributed by atoms with Gasteiger partial charge in [-0.05, 0) is 26.0 Å². The number of nitrogens with zero attached hydrogens (tertiary/aromatic N) is 1. The fraction of sp³-hybridized carbons (Fsp3) is 0.400. The van der Waals surface area contributed by atoms with Crippen molar-refractivity contribution >= 4 is 5.91 Å². The Balaban J connectivity index is 2.90. The van der Waals surface area contributed by atoms with Crippen LogP contribution in [-0.2, 0) is 10.2 Å². The zero-order chi connectivity index (χ0) is 10.6. The van der Waals surface area contributed by atoms with Gasteiger partial charge in [-0.25, -0.2) is 5.43 Å². The normalized spacial score (nSPS) is 11.1. The van der Waals surface area contributed by atoms with Gasteiger partial charge < -0.3 is 0 Å². The number of nitrogens with one attached hydrogen (secondary N) is 2. The summed E-state index contributed by atoms with van der Waals surface area (Å²) in [6.45, 7) is 3.67. The molecular weight excluding hydrogens is 178 g/mol. The second-order valence-electron chi connectivity index (χ2n) is 3.54. The number of rotatable bonds is 3. The fourth-order valence-corrected chi connectivity index (χ4v) is 1.12.